The molecular weight excluding hydrogens is 375 g/mol. The Morgan fingerprint density at radius 3 is 2.70 bits per heavy atom. The highest BCUT2D eigenvalue weighted by molar-refractivity contribution is 6.30. The molecule has 27 heavy (non-hydrogen) atoms. The number of benzene rings is 1. The molecule has 4 N–H and O–H groups in total. The Bertz CT molecular complexity index is 750. The van der Waals surface area contributed by atoms with Gasteiger partial charge in [0, 0.05) is 30.7 Å². The fraction of sp³-hybridized carbons (Fsp3) is 0.556. The molecule has 5 rings (SSSR count). The summed E-state index contributed by atoms with van der Waals surface area (Å²) in [5.74, 6) is -0.205. The maximum Gasteiger partial charge on any atom is 0.258 e. The molecule has 3 saturated carbocycles. The van der Waals surface area contributed by atoms with Crippen LogP contribution in [-0.4, -0.2) is 43.1 Å². The van der Waals surface area contributed by atoms with Gasteiger partial charge in [0.05, 0.1) is 10.9 Å². The standard InChI is InChI=1S/C18H22ClFN4O3/c19-13-2-1-12(3-14(13)20)27-9-16(25)23-15-6-18(4-10(15)5-18)24-17(26)11-7-21-22-8-11/h1-3,10-11,15,21-22H,4-9H2,(H,23,25)(H,24,26). The number of ether oxygens (including phenoxy) is 1. The summed E-state index contributed by atoms with van der Waals surface area (Å²) in [6, 6.07) is 4.09. The lowest BCUT2D eigenvalue weighted by Gasteiger charge is -2.39. The molecule has 0 radical (unpaired) electrons. The molecule has 146 valence electrons. The molecular formula is C18H22ClFN4O3. The van der Waals surface area contributed by atoms with E-state index >= 15 is 0 Å². The molecule has 4 fully saturated rings. The fourth-order valence-electron chi connectivity index (χ4n) is 4.28. The molecule has 1 aromatic carbocycles. The summed E-state index contributed by atoms with van der Waals surface area (Å²) in [6.45, 7) is 1.07. The third-order valence-corrected chi connectivity index (χ3v) is 5.98. The second kappa shape index (κ2) is 7.26. The van der Waals surface area contributed by atoms with Gasteiger partial charge in [0.2, 0.25) is 5.91 Å². The van der Waals surface area contributed by atoms with Gasteiger partial charge >= 0.3 is 0 Å². The lowest BCUT2D eigenvalue weighted by molar-refractivity contribution is -0.127. The molecule has 1 heterocycles. The van der Waals surface area contributed by atoms with Crippen molar-refractivity contribution >= 4 is 23.4 Å². The highest BCUT2D eigenvalue weighted by Gasteiger charge is 2.57. The van der Waals surface area contributed by atoms with Crippen LogP contribution >= 0.6 is 11.6 Å². The first-order chi connectivity index (χ1) is 12.9. The van der Waals surface area contributed by atoms with Crippen molar-refractivity contribution in [2.75, 3.05) is 19.7 Å². The van der Waals surface area contributed by atoms with E-state index in [0.29, 0.717) is 19.0 Å². The Morgan fingerprint density at radius 2 is 2.00 bits per heavy atom. The molecule has 1 unspecified atom stereocenters. The van der Waals surface area contributed by atoms with E-state index in [9.17, 15) is 14.0 Å². The van der Waals surface area contributed by atoms with E-state index in [0.717, 1.165) is 25.3 Å². The largest absolute Gasteiger partial charge is 0.484 e. The van der Waals surface area contributed by atoms with Crippen LogP contribution in [0.3, 0.4) is 0 Å². The number of hydrogen-bond acceptors (Lipinski definition) is 5. The van der Waals surface area contributed by atoms with Crippen LogP contribution in [0.4, 0.5) is 4.39 Å². The number of hydrazine groups is 1. The molecule has 0 aromatic heterocycles. The lowest BCUT2D eigenvalue weighted by atomic mass is 9.76. The van der Waals surface area contributed by atoms with Gasteiger partial charge in [0.1, 0.15) is 11.6 Å². The molecule has 7 nitrogen and oxygen atoms in total. The summed E-state index contributed by atoms with van der Waals surface area (Å²) in [5.41, 5.74) is 5.73. The maximum atomic E-state index is 13.4. The topological polar surface area (TPSA) is 91.5 Å². The number of carbonyl (C=O) groups is 2. The molecule has 1 aromatic rings. The average Bonchev–Trinajstić information content (AvgIpc) is 3.31. The molecule has 1 aliphatic heterocycles. The van der Waals surface area contributed by atoms with Crippen LogP contribution in [0.1, 0.15) is 19.3 Å². The molecule has 1 atom stereocenters. The van der Waals surface area contributed by atoms with Gasteiger partial charge in [0.15, 0.2) is 6.61 Å². The van der Waals surface area contributed by atoms with Gasteiger partial charge in [-0.15, -0.1) is 0 Å². The monoisotopic (exact) mass is 396 g/mol. The highest BCUT2D eigenvalue weighted by Crippen LogP contribution is 2.52. The predicted octanol–water partition coefficient (Wildman–Crippen LogP) is 0.735. The first-order valence-electron chi connectivity index (χ1n) is 9.09. The Morgan fingerprint density at radius 1 is 1.26 bits per heavy atom. The van der Waals surface area contributed by atoms with Gasteiger partial charge in [-0.05, 0) is 37.3 Å². The van der Waals surface area contributed by atoms with E-state index in [1.807, 2.05) is 0 Å². The van der Waals surface area contributed by atoms with Crippen molar-refractivity contribution in [1.29, 1.82) is 0 Å². The minimum absolute atomic E-state index is 0.00837. The van der Waals surface area contributed by atoms with Crippen LogP contribution < -0.4 is 26.2 Å². The normalized spacial score (nSPS) is 29.3. The van der Waals surface area contributed by atoms with Crippen LogP contribution in [-0.2, 0) is 9.59 Å². The van der Waals surface area contributed by atoms with Gasteiger partial charge in [-0.2, -0.15) is 0 Å². The summed E-state index contributed by atoms with van der Waals surface area (Å²) >= 11 is 5.62. The third-order valence-electron chi connectivity index (χ3n) is 5.67. The molecule has 1 saturated heterocycles. The van der Waals surface area contributed by atoms with Crippen molar-refractivity contribution in [3.05, 3.63) is 29.0 Å². The number of halogens is 2. The zero-order valence-electron chi connectivity index (χ0n) is 14.7. The third kappa shape index (κ3) is 3.88. The lowest BCUT2D eigenvalue weighted by Crippen LogP contribution is -2.54. The van der Waals surface area contributed by atoms with Gasteiger partial charge in [-0.25, -0.2) is 4.39 Å². The molecule has 9 heteroatoms. The van der Waals surface area contributed by atoms with Crippen molar-refractivity contribution in [2.24, 2.45) is 11.8 Å². The second-order valence-electron chi connectivity index (χ2n) is 7.64. The summed E-state index contributed by atoms with van der Waals surface area (Å²) in [5, 5.41) is 6.16. The first-order valence-corrected chi connectivity index (χ1v) is 9.47. The summed E-state index contributed by atoms with van der Waals surface area (Å²) in [7, 11) is 0. The summed E-state index contributed by atoms with van der Waals surface area (Å²) < 4.78 is 18.7. The number of fused-ring (bicyclic) bond motifs is 1. The number of hydrogen-bond donors (Lipinski definition) is 4. The van der Waals surface area contributed by atoms with Crippen LogP contribution in [0, 0.1) is 17.7 Å². The number of amides is 2. The Balaban J connectivity index is 1.24. The van der Waals surface area contributed by atoms with E-state index in [4.69, 9.17) is 16.3 Å². The SMILES string of the molecule is O=C(COc1ccc(Cl)c(F)c1)NC1CC2(NC(=O)C3CNNC3)CC1C2. The Kier molecular flexibility index (Phi) is 4.96. The van der Waals surface area contributed by atoms with Gasteiger partial charge in [0.25, 0.3) is 5.91 Å². The zero-order valence-corrected chi connectivity index (χ0v) is 15.4. The molecule has 2 amide bonds. The Labute approximate surface area is 161 Å². The van der Waals surface area contributed by atoms with Crippen molar-refractivity contribution < 1.29 is 18.7 Å². The van der Waals surface area contributed by atoms with Crippen molar-refractivity contribution in [2.45, 2.75) is 30.8 Å². The van der Waals surface area contributed by atoms with Crippen LogP contribution in [0.25, 0.3) is 0 Å². The highest BCUT2D eigenvalue weighted by atomic mass is 35.5. The molecule has 0 spiro atoms. The van der Waals surface area contributed by atoms with Crippen LogP contribution in [0.2, 0.25) is 5.02 Å². The maximum absolute atomic E-state index is 13.4. The number of nitrogens with one attached hydrogen (secondary N) is 4. The predicted molar refractivity (Wildman–Crippen MR) is 96.5 cm³/mol. The molecule has 2 bridgehead atoms. The van der Waals surface area contributed by atoms with Crippen molar-refractivity contribution in [3.63, 3.8) is 0 Å². The quantitative estimate of drug-likeness (QED) is 0.569. The van der Waals surface area contributed by atoms with E-state index in [-0.39, 0.29) is 46.7 Å². The summed E-state index contributed by atoms with van der Waals surface area (Å²) in [4.78, 5) is 24.5. The van der Waals surface area contributed by atoms with Crippen molar-refractivity contribution in [3.8, 4) is 5.75 Å². The van der Waals surface area contributed by atoms with Gasteiger partial charge in [-0.1, -0.05) is 11.6 Å². The van der Waals surface area contributed by atoms with Crippen LogP contribution in [0.15, 0.2) is 18.2 Å². The number of carbonyl (C=O) groups excluding carboxylic acids is 2. The first kappa shape index (κ1) is 18.5. The van der Waals surface area contributed by atoms with E-state index in [1.54, 1.807) is 0 Å². The Hall–Kier alpha value is -1.90. The fourth-order valence-corrected chi connectivity index (χ4v) is 4.40. The zero-order chi connectivity index (χ0) is 19.0. The van der Waals surface area contributed by atoms with E-state index in [2.05, 4.69) is 21.5 Å². The van der Waals surface area contributed by atoms with E-state index in [1.165, 1.54) is 12.1 Å². The van der Waals surface area contributed by atoms with Crippen LogP contribution in [0.5, 0.6) is 5.75 Å². The van der Waals surface area contributed by atoms with Gasteiger partial charge < -0.3 is 15.4 Å². The molecule has 4 aliphatic rings. The van der Waals surface area contributed by atoms with Gasteiger partial charge in [-0.3, -0.25) is 20.4 Å². The molecule has 3 aliphatic carbocycles. The number of rotatable bonds is 6. The minimum atomic E-state index is -0.587. The van der Waals surface area contributed by atoms with Crippen molar-refractivity contribution in [1.82, 2.24) is 21.5 Å². The second-order valence-corrected chi connectivity index (χ2v) is 8.05. The minimum Gasteiger partial charge on any atom is -0.484 e. The average molecular weight is 397 g/mol. The summed E-state index contributed by atoms with van der Waals surface area (Å²) in [6.07, 6.45) is 2.51. The smallest absolute Gasteiger partial charge is 0.258 e. The van der Waals surface area contributed by atoms with E-state index < -0.39 is 5.82 Å².